The Kier molecular flexibility index (Phi) is 15.7. The first kappa shape index (κ1) is 29.6. The molecule has 0 saturated heterocycles. The monoisotopic (exact) mass is 499 g/mol. The topological polar surface area (TPSA) is 21.3 Å². The van der Waals surface area contributed by atoms with Crippen LogP contribution in [0, 0.1) is 0 Å². The molecule has 3 rings (SSSR count). The fourth-order valence-corrected chi connectivity index (χ4v) is 4.90. The van der Waals surface area contributed by atoms with E-state index in [0.717, 1.165) is 22.9 Å². The third-order valence-electron chi connectivity index (χ3n) is 6.86. The number of fused-ring (bicyclic) bond motifs is 1. The maximum absolute atomic E-state index is 6.11. The Morgan fingerprint density at radius 3 is 1.54 bits per heavy atom. The first-order valence-corrected chi connectivity index (χ1v) is 14.8. The molecule has 2 aromatic rings. The number of anilines is 1. The highest BCUT2D eigenvalue weighted by Crippen LogP contribution is 2.38. The summed E-state index contributed by atoms with van der Waals surface area (Å²) in [4.78, 5) is 0. The summed E-state index contributed by atoms with van der Waals surface area (Å²) < 4.78 is 6.11. The van der Waals surface area contributed by atoms with Crippen LogP contribution < -0.4 is 10.1 Å². The van der Waals surface area contributed by atoms with Gasteiger partial charge in [0.25, 0.3) is 0 Å². The van der Waals surface area contributed by atoms with Crippen LogP contribution in [-0.2, 0) is 0 Å². The number of rotatable bonds is 17. The quantitative estimate of drug-likeness (QED) is 0.218. The Balaban J connectivity index is 0.000000527. The average molecular weight is 500 g/mol. The van der Waals surface area contributed by atoms with Crippen LogP contribution >= 0.6 is 11.6 Å². The highest BCUT2D eigenvalue weighted by atomic mass is 35.5. The number of para-hydroxylation sites is 2. The summed E-state index contributed by atoms with van der Waals surface area (Å²) in [5.74, 6) is 1.00. The van der Waals surface area contributed by atoms with Gasteiger partial charge in [-0.2, -0.15) is 0 Å². The van der Waals surface area contributed by atoms with Crippen molar-refractivity contribution >= 4 is 17.3 Å². The van der Waals surface area contributed by atoms with Crippen LogP contribution in [0.1, 0.15) is 123 Å². The van der Waals surface area contributed by atoms with Crippen molar-refractivity contribution in [2.45, 2.75) is 129 Å². The summed E-state index contributed by atoms with van der Waals surface area (Å²) >= 11 is 5.54. The smallest absolute Gasteiger partial charge is 0.178 e. The zero-order valence-electron chi connectivity index (χ0n) is 22.5. The molecule has 0 saturated carbocycles. The number of halogens is 1. The van der Waals surface area contributed by atoms with Crippen molar-refractivity contribution in [1.29, 1.82) is 0 Å². The van der Waals surface area contributed by atoms with Crippen LogP contribution in [0.25, 0.3) is 0 Å². The second kappa shape index (κ2) is 18.6. The molecule has 1 unspecified atom stereocenters. The molecule has 1 heterocycles. The maximum Gasteiger partial charge on any atom is 0.178 e. The van der Waals surface area contributed by atoms with Gasteiger partial charge < -0.3 is 10.1 Å². The van der Waals surface area contributed by atoms with Gasteiger partial charge in [-0.1, -0.05) is 145 Å². The van der Waals surface area contributed by atoms with E-state index in [1.165, 1.54) is 103 Å². The normalized spacial score (nSPS) is 16.1. The van der Waals surface area contributed by atoms with Crippen LogP contribution in [0.2, 0.25) is 5.02 Å². The van der Waals surface area contributed by atoms with Crippen molar-refractivity contribution in [2.75, 3.05) is 5.32 Å². The molecule has 0 amide bonds. The molecule has 196 valence electrons. The average Bonchev–Trinajstić information content (AvgIpc) is 3.21. The second-order valence-electron chi connectivity index (χ2n) is 10.3. The van der Waals surface area contributed by atoms with E-state index in [1.807, 2.05) is 36.4 Å². The number of benzene rings is 2. The third-order valence-corrected chi connectivity index (χ3v) is 7.11. The number of ether oxygens (including phenoxy) is 1. The van der Waals surface area contributed by atoms with Gasteiger partial charge in [-0.25, -0.2) is 0 Å². The molecule has 0 fully saturated rings. The summed E-state index contributed by atoms with van der Waals surface area (Å²) in [5.41, 5.74) is 0.932. The minimum atomic E-state index is -0.209. The lowest BCUT2D eigenvalue weighted by Gasteiger charge is -2.24. The van der Waals surface area contributed by atoms with E-state index >= 15 is 0 Å². The minimum Gasteiger partial charge on any atom is -0.466 e. The van der Waals surface area contributed by atoms with E-state index in [4.69, 9.17) is 16.3 Å². The molecule has 0 aliphatic carbocycles. The number of unbranched alkanes of at least 4 members (excludes halogenated alkanes) is 15. The molecule has 2 aromatic carbocycles. The molecular weight excluding hydrogens is 450 g/mol. The van der Waals surface area contributed by atoms with Crippen molar-refractivity contribution < 1.29 is 4.74 Å². The Bertz CT molecular complexity index is 738. The second-order valence-corrected chi connectivity index (χ2v) is 10.7. The van der Waals surface area contributed by atoms with Crippen LogP contribution in [0.4, 0.5) is 5.69 Å². The van der Waals surface area contributed by atoms with Gasteiger partial charge in [-0.3, -0.25) is 0 Å². The molecule has 1 aliphatic rings. The van der Waals surface area contributed by atoms with Gasteiger partial charge >= 0.3 is 0 Å². The van der Waals surface area contributed by atoms with E-state index in [1.54, 1.807) is 0 Å². The number of hydrogen-bond donors (Lipinski definition) is 1. The van der Waals surface area contributed by atoms with E-state index in [-0.39, 0.29) is 5.72 Å². The lowest BCUT2D eigenvalue weighted by Crippen LogP contribution is -2.36. The molecule has 0 aromatic heterocycles. The standard InChI is InChI=1S/C26H45NO.C6H5Cl/c1-3-4-5-6-7-8-9-10-11-12-13-14-15-16-17-20-23-26(2)27-24-21-18-19-22-25(24)28-26;7-6-4-2-1-3-5-6/h18-19,21-22,27H,3-17,20,23H2,1-2H3;1-5H. The molecule has 3 heteroatoms. The fraction of sp³-hybridized carbons (Fsp3) is 0.625. The molecule has 0 spiro atoms. The molecule has 1 atom stereocenters. The molecule has 0 radical (unpaired) electrons. The van der Waals surface area contributed by atoms with Crippen LogP contribution in [0.15, 0.2) is 54.6 Å². The lowest BCUT2D eigenvalue weighted by molar-refractivity contribution is 0.125. The molecule has 1 N–H and O–H groups in total. The van der Waals surface area contributed by atoms with Crippen LogP contribution in [-0.4, -0.2) is 5.72 Å². The lowest BCUT2D eigenvalue weighted by atomic mass is 10.0. The fourth-order valence-electron chi connectivity index (χ4n) is 4.75. The Morgan fingerprint density at radius 2 is 1.09 bits per heavy atom. The molecular formula is C32H50ClNO. The predicted molar refractivity (Wildman–Crippen MR) is 155 cm³/mol. The number of nitrogens with one attached hydrogen (secondary N) is 1. The van der Waals surface area contributed by atoms with Gasteiger partial charge in [0.2, 0.25) is 0 Å². The van der Waals surface area contributed by atoms with Gasteiger partial charge in [0.1, 0.15) is 5.75 Å². The van der Waals surface area contributed by atoms with Crippen molar-refractivity contribution in [3.8, 4) is 5.75 Å². The molecule has 0 bridgehead atoms. The number of hydrogen-bond acceptors (Lipinski definition) is 2. The zero-order valence-corrected chi connectivity index (χ0v) is 23.3. The van der Waals surface area contributed by atoms with Crippen molar-refractivity contribution in [3.05, 3.63) is 59.6 Å². The predicted octanol–water partition coefficient (Wildman–Crippen LogP) is 11.2. The SMILES string of the molecule is CCCCCCCCCCCCCCCCCCC1(C)Nc2ccccc2O1.Clc1ccccc1. The zero-order chi connectivity index (χ0) is 25.0. The van der Waals surface area contributed by atoms with Crippen LogP contribution in [0.5, 0.6) is 5.75 Å². The molecule has 1 aliphatic heterocycles. The van der Waals surface area contributed by atoms with E-state index in [2.05, 4.69) is 37.4 Å². The Morgan fingerprint density at radius 1 is 0.629 bits per heavy atom. The third kappa shape index (κ3) is 13.9. The molecule has 2 nitrogen and oxygen atoms in total. The molecule has 35 heavy (non-hydrogen) atoms. The van der Waals surface area contributed by atoms with Gasteiger partial charge in [-0.15, -0.1) is 0 Å². The van der Waals surface area contributed by atoms with Crippen LogP contribution in [0.3, 0.4) is 0 Å². The van der Waals surface area contributed by atoms with Crippen molar-refractivity contribution in [3.63, 3.8) is 0 Å². The summed E-state index contributed by atoms with van der Waals surface area (Å²) in [7, 11) is 0. The van der Waals surface area contributed by atoms with Gasteiger partial charge in [0.05, 0.1) is 5.69 Å². The van der Waals surface area contributed by atoms with Gasteiger partial charge in [0, 0.05) is 11.4 Å². The van der Waals surface area contributed by atoms with E-state index < -0.39 is 0 Å². The summed E-state index contributed by atoms with van der Waals surface area (Å²) in [6, 6.07) is 17.7. The largest absolute Gasteiger partial charge is 0.466 e. The van der Waals surface area contributed by atoms with Gasteiger partial charge in [-0.05, 0) is 37.6 Å². The van der Waals surface area contributed by atoms with Crippen molar-refractivity contribution in [1.82, 2.24) is 0 Å². The van der Waals surface area contributed by atoms with E-state index in [9.17, 15) is 0 Å². The van der Waals surface area contributed by atoms with Crippen molar-refractivity contribution in [2.24, 2.45) is 0 Å². The minimum absolute atomic E-state index is 0.209. The first-order valence-electron chi connectivity index (χ1n) is 14.4. The van der Waals surface area contributed by atoms with Gasteiger partial charge in [0.15, 0.2) is 5.72 Å². The van der Waals surface area contributed by atoms with E-state index in [0.29, 0.717) is 0 Å². The highest BCUT2D eigenvalue weighted by molar-refractivity contribution is 6.30. The summed E-state index contributed by atoms with van der Waals surface area (Å²) in [6.07, 6.45) is 23.8. The maximum atomic E-state index is 6.11. The Labute approximate surface area is 221 Å². The highest BCUT2D eigenvalue weighted by Gasteiger charge is 2.32. The summed E-state index contributed by atoms with van der Waals surface area (Å²) in [6.45, 7) is 4.47. The summed E-state index contributed by atoms with van der Waals surface area (Å²) in [5, 5.41) is 4.33. The first-order chi connectivity index (χ1) is 17.1. The Hall–Kier alpha value is -1.67.